The summed E-state index contributed by atoms with van der Waals surface area (Å²) in [5, 5.41) is 0. The molecular weight excluding hydrogens is 446 g/mol. The maximum Gasteiger partial charge on any atom is 0.315 e. The molecule has 0 fully saturated rings. The lowest BCUT2D eigenvalue weighted by atomic mass is 9.67. The number of carbonyl (C=O) groups excluding carboxylic acids is 2. The number of aliphatic imine (C=N–C) groups is 1. The van der Waals surface area contributed by atoms with Crippen molar-refractivity contribution in [3.8, 4) is 5.75 Å². The number of allylic oxidation sites excluding steroid dienone is 2. The third-order valence-corrected chi connectivity index (χ3v) is 6.45. The lowest BCUT2D eigenvalue weighted by Gasteiger charge is -2.39. The van der Waals surface area contributed by atoms with Crippen LogP contribution in [0.1, 0.15) is 64.9 Å². The van der Waals surface area contributed by atoms with Gasteiger partial charge in [-0.05, 0) is 58.8 Å². The maximum atomic E-state index is 13.3. The molecule has 1 aliphatic heterocycles. The Balaban J connectivity index is 2.10. The summed E-state index contributed by atoms with van der Waals surface area (Å²) in [7, 11) is 1.61. The second kappa shape index (κ2) is 9.04. The number of rotatable bonds is 6. The fourth-order valence-corrected chi connectivity index (χ4v) is 4.95. The molecule has 0 saturated heterocycles. The van der Waals surface area contributed by atoms with Crippen molar-refractivity contribution in [2.45, 2.75) is 59.3 Å². The van der Waals surface area contributed by atoms with Crippen molar-refractivity contribution in [3.05, 3.63) is 39.5 Å². The van der Waals surface area contributed by atoms with Gasteiger partial charge >= 0.3 is 5.97 Å². The first-order valence-corrected chi connectivity index (χ1v) is 11.3. The van der Waals surface area contributed by atoms with Crippen molar-refractivity contribution in [3.63, 3.8) is 0 Å². The first kappa shape index (κ1) is 22.7. The Bertz CT molecular complexity index is 916. The minimum Gasteiger partial charge on any atom is -0.496 e. The Morgan fingerprint density at radius 1 is 1.30 bits per heavy atom. The molecule has 1 aliphatic carbocycles. The minimum atomic E-state index is -0.605. The van der Waals surface area contributed by atoms with Gasteiger partial charge in [0, 0.05) is 29.3 Å². The second-order valence-corrected chi connectivity index (χ2v) is 9.78. The zero-order valence-electron chi connectivity index (χ0n) is 18.4. The molecule has 1 aromatic rings. The SMILES string of the molecule is CCCCOC(=O)C1C(C)=NC2=C(C(=O)CC(C)(C)C2)[C@H]1c1ccc(OC)c(Br)c1. The summed E-state index contributed by atoms with van der Waals surface area (Å²) in [6.45, 7) is 8.48. The fourth-order valence-electron chi connectivity index (χ4n) is 4.39. The fraction of sp³-hybridized carbons (Fsp3) is 0.542. The number of hydrogen-bond donors (Lipinski definition) is 0. The number of methoxy groups -OCH3 is 1. The molecule has 2 aliphatic rings. The lowest BCUT2D eigenvalue weighted by Crippen LogP contribution is -2.39. The number of unbranched alkanes of at least 4 members (excludes halogenated alkanes) is 1. The van der Waals surface area contributed by atoms with Crippen LogP contribution in [-0.2, 0) is 14.3 Å². The topological polar surface area (TPSA) is 65.0 Å². The number of nitrogens with zero attached hydrogens (tertiary/aromatic N) is 1. The second-order valence-electron chi connectivity index (χ2n) is 8.92. The molecule has 0 saturated carbocycles. The summed E-state index contributed by atoms with van der Waals surface area (Å²) in [5.41, 5.74) is 2.92. The van der Waals surface area contributed by atoms with Crippen molar-refractivity contribution in [2.75, 3.05) is 13.7 Å². The number of Topliss-reactive ketones (excluding diaryl/α,β-unsaturated/α-hetero) is 1. The number of ether oxygens (including phenoxy) is 2. The number of ketones is 1. The highest BCUT2D eigenvalue weighted by molar-refractivity contribution is 9.10. The number of carbonyl (C=O) groups is 2. The van der Waals surface area contributed by atoms with Crippen LogP contribution in [0.15, 0.2) is 38.9 Å². The van der Waals surface area contributed by atoms with Crippen LogP contribution in [0, 0.1) is 11.3 Å². The van der Waals surface area contributed by atoms with Gasteiger partial charge < -0.3 is 9.47 Å². The monoisotopic (exact) mass is 475 g/mol. The Morgan fingerprint density at radius 2 is 2.03 bits per heavy atom. The number of esters is 1. The molecule has 5 nitrogen and oxygen atoms in total. The minimum absolute atomic E-state index is 0.0702. The van der Waals surface area contributed by atoms with Crippen LogP contribution in [0.2, 0.25) is 0 Å². The zero-order chi connectivity index (χ0) is 22.1. The molecular formula is C24H30BrNO4. The molecule has 0 aromatic heterocycles. The summed E-state index contributed by atoms with van der Waals surface area (Å²) in [6, 6.07) is 5.72. The molecule has 6 heteroatoms. The van der Waals surface area contributed by atoms with Gasteiger partial charge in [-0.15, -0.1) is 0 Å². The quantitative estimate of drug-likeness (QED) is 0.395. The summed E-state index contributed by atoms with van der Waals surface area (Å²) in [4.78, 5) is 31.1. The van der Waals surface area contributed by atoms with Crippen LogP contribution in [-0.4, -0.2) is 31.2 Å². The van der Waals surface area contributed by atoms with E-state index in [2.05, 4.69) is 36.7 Å². The molecule has 0 bridgehead atoms. The van der Waals surface area contributed by atoms with Gasteiger partial charge in [-0.3, -0.25) is 14.6 Å². The van der Waals surface area contributed by atoms with Crippen LogP contribution in [0.5, 0.6) is 5.75 Å². The van der Waals surface area contributed by atoms with Crippen LogP contribution in [0.3, 0.4) is 0 Å². The van der Waals surface area contributed by atoms with Crippen molar-refractivity contribution in [1.82, 2.24) is 0 Å². The predicted octanol–water partition coefficient (Wildman–Crippen LogP) is 5.62. The Morgan fingerprint density at radius 3 is 2.67 bits per heavy atom. The summed E-state index contributed by atoms with van der Waals surface area (Å²) in [5.74, 6) is -0.553. The number of halogens is 1. The third kappa shape index (κ3) is 4.53. The third-order valence-electron chi connectivity index (χ3n) is 5.83. The first-order valence-electron chi connectivity index (χ1n) is 10.5. The molecule has 2 atom stereocenters. The molecule has 1 aromatic carbocycles. The Labute approximate surface area is 187 Å². The van der Waals surface area contributed by atoms with E-state index in [4.69, 9.17) is 14.5 Å². The highest BCUT2D eigenvalue weighted by Gasteiger charge is 2.46. The van der Waals surface area contributed by atoms with Crippen molar-refractivity contribution in [1.29, 1.82) is 0 Å². The number of benzene rings is 1. The molecule has 0 amide bonds. The van der Waals surface area contributed by atoms with Gasteiger partial charge in [0.05, 0.1) is 18.2 Å². The Hall–Kier alpha value is -1.95. The van der Waals surface area contributed by atoms with Gasteiger partial charge in [0.15, 0.2) is 5.78 Å². The largest absolute Gasteiger partial charge is 0.496 e. The van der Waals surface area contributed by atoms with Crippen molar-refractivity contribution < 1.29 is 19.1 Å². The summed E-state index contributed by atoms with van der Waals surface area (Å²) in [6.07, 6.45) is 2.93. The average Bonchev–Trinajstić information content (AvgIpc) is 2.65. The number of hydrogen-bond acceptors (Lipinski definition) is 5. The van der Waals surface area contributed by atoms with Crippen molar-refractivity contribution >= 4 is 33.4 Å². The van der Waals surface area contributed by atoms with E-state index in [0.29, 0.717) is 30.1 Å². The summed E-state index contributed by atoms with van der Waals surface area (Å²) < 4.78 is 11.7. The van der Waals surface area contributed by atoms with E-state index in [1.54, 1.807) is 7.11 Å². The predicted molar refractivity (Wildman–Crippen MR) is 121 cm³/mol. The highest BCUT2D eigenvalue weighted by atomic mass is 79.9. The van der Waals surface area contributed by atoms with Gasteiger partial charge in [0.25, 0.3) is 0 Å². The Kier molecular flexibility index (Phi) is 6.85. The van der Waals surface area contributed by atoms with Gasteiger partial charge in [-0.1, -0.05) is 33.3 Å². The van der Waals surface area contributed by atoms with E-state index in [1.165, 1.54) is 0 Å². The van der Waals surface area contributed by atoms with E-state index < -0.39 is 11.8 Å². The molecule has 0 N–H and O–H groups in total. The molecule has 0 spiro atoms. The molecule has 1 heterocycles. The first-order chi connectivity index (χ1) is 14.2. The standard InChI is InChI=1S/C24H30BrNO4/c1-6-7-10-30-23(28)20-14(2)26-17-12-24(3,4)13-18(27)22(17)21(20)15-8-9-19(29-5)16(25)11-15/h8-9,11,20-21H,6-7,10,12-13H2,1-5H3/t20?,21-/m0/s1. The highest BCUT2D eigenvalue weighted by Crippen LogP contribution is 2.48. The summed E-state index contributed by atoms with van der Waals surface area (Å²) >= 11 is 3.55. The van der Waals surface area contributed by atoms with Crippen LogP contribution in [0.25, 0.3) is 0 Å². The normalized spacial score (nSPS) is 23.0. The molecule has 3 rings (SSSR count). The van der Waals surface area contributed by atoms with E-state index in [-0.39, 0.29) is 17.2 Å². The molecule has 162 valence electrons. The molecule has 0 radical (unpaired) electrons. The maximum absolute atomic E-state index is 13.3. The smallest absolute Gasteiger partial charge is 0.315 e. The van der Waals surface area contributed by atoms with Gasteiger partial charge in [-0.25, -0.2) is 0 Å². The van der Waals surface area contributed by atoms with Crippen LogP contribution < -0.4 is 4.74 Å². The average molecular weight is 476 g/mol. The zero-order valence-corrected chi connectivity index (χ0v) is 20.0. The van der Waals surface area contributed by atoms with Gasteiger partial charge in [0.1, 0.15) is 11.7 Å². The van der Waals surface area contributed by atoms with Crippen molar-refractivity contribution in [2.24, 2.45) is 16.3 Å². The van der Waals surface area contributed by atoms with E-state index in [9.17, 15) is 9.59 Å². The molecule has 1 unspecified atom stereocenters. The van der Waals surface area contributed by atoms with E-state index in [1.807, 2.05) is 25.1 Å². The molecule has 30 heavy (non-hydrogen) atoms. The van der Waals surface area contributed by atoms with E-state index in [0.717, 1.165) is 35.0 Å². The lowest BCUT2D eigenvalue weighted by molar-refractivity contribution is -0.146. The van der Waals surface area contributed by atoms with Gasteiger partial charge in [-0.2, -0.15) is 0 Å². The van der Waals surface area contributed by atoms with Gasteiger partial charge in [0.2, 0.25) is 0 Å². The van der Waals surface area contributed by atoms with E-state index >= 15 is 0 Å². The van der Waals surface area contributed by atoms with Crippen LogP contribution >= 0.6 is 15.9 Å². The van der Waals surface area contributed by atoms with Crippen LogP contribution in [0.4, 0.5) is 0 Å².